The Morgan fingerprint density at radius 1 is 1.36 bits per heavy atom. The number of aryl methyl sites for hydroxylation is 1. The van der Waals surface area contributed by atoms with Crippen LogP contribution in [-0.4, -0.2) is 29.0 Å². The first-order valence-electron chi connectivity index (χ1n) is 8.29. The summed E-state index contributed by atoms with van der Waals surface area (Å²) in [5.41, 5.74) is 0.696. The number of carbonyl (C=O) groups excluding carboxylic acids is 1. The van der Waals surface area contributed by atoms with Gasteiger partial charge in [0.25, 0.3) is 5.91 Å². The molecule has 1 atom stereocenters. The molecular weight excluding hydrogens is 343 g/mol. The van der Waals surface area contributed by atoms with E-state index in [0.29, 0.717) is 17.4 Å². The van der Waals surface area contributed by atoms with Crippen molar-refractivity contribution < 1.29 is 9.18 Å². The fourth-order valence-electron chi connectivity index (χ4n) is 3.00. The minimum atomic E-state index is -0.529. The molecule has 0 aliphatic carbocycles. The van der Waals surface area contributed by atoms with Crippen molar-refractivity contribution in [1.29, 1.82) is 0 Å². The Hall–Kier alpha value is -2.21. The fraction of sp³-hybridized carbons (Fsp3) is 0.389. The van der Waals surface area contributed by atoms with Crippen molar-refractivity contribution in [2.24, 2.45) is 5.92 Å². The van der Waals surface area contributed by atoms with Crippen LogP contribution in [0.25, 0.3) is 0 Å². The van der Waals surface area contributed by atoms with Crippen LogP contribution in [-0.2, 0) is 0 Å². The fourth-order valence-corrected chi connectivity index (χ4v) is 3.18. The Bertz CT molecular complexity index is 799. The zero-order valence-corrected chi connectivity index (χ0v) is 15.0. The number of rotatable bonds is 3. The molecule has 1 amide bonds. The van der Waals surface area contributed by atoms with Crippen molar-refractivity contribution >= 4 is 29.0 Å². The number of piperidine rings is 1. The highest BCUT2D eigenvalue weighted by atomic mass is 35.5. The second kappa shape index (κ2) is 7.35. The molecule has 0 radical (unpaired) electrons. The lowest BCUT2D eigenvalue weighted by Crippen LogP contribution is -2.35. The number of amides is 1. The number of nitrogens with one attached hydrogen (secondary N) is 1. The second-order valence-corrected chi connectivity index (χ2v) is 6.84. The van der Waals surface area contributed by atoms with Crippen molar-refractivity contribution in [3.8, 4) is 0 Å². The highest BCUT2D eigenvalue weighted by molar-refractivity contribution is 6.31. The summed E-state index contributed by atoms with van der Waals surface area (Å²) in [6.45, 7) is 5.83. The predicted octanol–water partition coefficient (Wildman–Crippen LogP) is 4.07. The number of anilines is 2. The van der Waals surface area contributed by atoms with Gasteiger partial charge in [-0.05, 0) is 43.9 Å². The topological polar surface area (TPSA) is 58.1 Å². The minimum absolute atomic E-state index is 0.0420. The van der Waals surface area contributed by atoms with Crippen LogP contribution in [0.1, 0.15) is 36.1 Å². The van der Waals surface area contributed by atoms with E-state index in [1.807, 2.05) is 0 Å². The van der Waals surface area contributed by atoms with E-state index in [9.17, 15) is 9.18 Å². The third-order valence-corrected chi connectivity index (χ3v) is 4.51. The molecule has 132 valence electrons. The van der Waals surface area contributed by atoms with E-state index < -0.39 is 5.82 Å². The number of hydrogen-bond acceptors (Lipinski definition) is 4. The van der Waals surface area contributed by atoms with Gasteiger partial charge in [-0.25, -0.2) is 14.4 Å². The predicted molar refractivity (Wildman–Crippen MR) is 96.7 cm³/mol. The largest absolute Gasteiger partial charge is 0.356 e. The van der Waals surface area contributed by atoms with Gasteiger partial charge in [0.2, 0.25) is 0 Å². The maximum atomic E-state index is 13.2. The average molecular weight is 363 g/mol. The lowest BCUT2D eigenvalue weighted by Gasteiger charge is -2.32. The molecule has 5 nitrogen and oxygen atoms in total. The molecule has 25 heavy (non-hydrogen) atoms. The molecule has 1 aliphatic rings. The number of nitrogens with zero attached hydrogens (tertiary/aromatic N) is 3. The number of carbonyl (C=O) groups is 1. The molecular formula is C18H20ClFN4O. The van der Waals surface area contributed by atoms with Crippen molar-refractivity contribution in [2.75, 3.05) is 23.3 Å². The summed E-state index contributed by atoms with van der Waals surface area (Å²) >= 11 is 5.75. The molecule has 2 heterocycles. The Morgan fingerprint density at radius 3 is 2.88 bits per heavy atom. The first-order valence-corrected chi connectivity index (χ1v) is 8.67. The van der Waals surface area contributed by atoms with Gasteiger partial charge >= 0.3 is 0 Å². The van der Waals surface area contributed by atoms with E-state index in [2.05, 4.69) is 27.1 Å². The summed E-state index contributed by atoms with van der Waals surface area (Å²) in [7, 11) is 0. The number of aromatic nitrogens is 2. The van der Waals surface area contributed by atoms with Crippen molar-refractivity contribution in [1.82, 2.24) is 9.97 Å². The van der Waals surface area contributed by atoms with Gasteiger partial charge < -0.3 is 10.2 Å². The van der Waals surface area contributed by atoms with Gasteiger partial charge in [0, 0.05) is 24.8 Å². The minimum Gasteiger partial charge on any atom is -0.356 e. The Kier molecular flexibility index (Phi) is 5.18. The van der Waals surface area contributed by atoms with Crippen molar-refractivity contribution in [3.05, 3.63) is 46.6 Å². The number of halogens is 2. The summed E-state index contributed by atoms with van der Waals surface area (Å²) in [4.78, 5) is 23.4. The van der Waals surface area contributed by atoms with Crippen LogP contribution in [0.4, 0.5) is 15.9 Å². The van der Waals surface area contributed by atoms with Crippen LogP contribution in [0.2, 0.25) is 5.02 Å². The summed E-state index contributed by atoms with van der Waals surface area (Å²) in [6.07, 6.45) is 2.32. The van der Waals surface area contributed by atoms with Crippen LogP contribution in [0, 0.1) is 18.7 Å². The SMILES string of the molecule is Cc1nc(C(=O)Nc2ccc(F)c(Cl)c2)cc(N2CCCC(C)C2)n1. The summed E-state index contributed by atoms with van der Waals surface area (Å²) < 4.78 is 13.2. The van der Waals surface area contributed by atoms with Crippen LogP contribution >= 0.6 is 11.6 Å². The Labute approximate surface area is 151 Å². The van der Waals surface area contributed by atoms with Crippen LogP contribution < -0.4 is 10.2 Å². The van der Waals surface area contributed by atoms with E-state index >= 15 is 0 Å². The quantitative estimate of drug-likeness (QED) is 0.894. The van der Waals surface area contributed by atoms with E-state index in [1.165, 1.54) is 24.6 Å². The second-order valence-electron chi connectivity index (χ2n) is 6.44. The molecule has 0 bridgehead atoms. The Balaban J connectivity index is 1.81. The standard InChI is InChI=1S/C18H20ClFN4O/c1-11-4-3-7-24(10-11)17-9-16(21-12(2)22-17)18(25)23-13-5-6-15(20)14(19)8-13/h5-6,8-9,11H,3-4,7,10H2,1-2H3,(H,23,25). The molecule has 1 saturated heterocycles. The highest BCUT2D eigenvalue weighted by Gasteiger charge is 2.20. The lowest BCUT2D eigenvalue weighted by atomic mass is 10.0. The summed E-state index contributed by atoms with van der Waals surface area (Å²) in [5, 5.41) is 2.65. The molecule has 0 saturated carbocycles. The summed E-state index contributed by atoms with van der Waals surface area (Å²) in [6, 6.07) is 5.74. The first kappa shape index (κ1) is 17.6. The zero-order chi connectivity index (χ0) is 18.0. The van der Waals surface area contributed by atoms with Gasteiger partial charge in [-0.15, -0.1) is 0 Å². The normalized spacial score (nSPS) is 17.4. The van der Waals surface area contributed by atoms with E-state index in [-0.39, 0.29) is 16.6 Å². The molecule has 1 unspecified atom stereocenters. The van der Waals surface area contributed by atoms with Gasteiger partial charge in [0.1, 0.15) is 23.2 Å². The molecule has 1 aliphatic heterocycles. The maximum absolute atomic E-state index is 13.2. The van der Waals surface area contributed by atoms with Gasteiger partial charge in [-0.1, -0.05) is 18.5 Å². The third-order valence-electron chi connectivity index (χ3n) is 4.22. The van der Waals surface area contributed by atoms with E-state index in [4.69, 9.17) is 11.6 Å². The Morgan fingerprint density at radius 2 is 2.16 bits per heavy atom. The van der Waals surface area contributed by atoms with E-state index in [0.717, 1.165) is 25.3 Å². The van der Waals surface area contributed by atoms with Gasteiger partial charge in [0.05, 0.1) is 5.02 Å². The van der Waals surface area contributed by atoms with Crippen molar-refractivity contribution in [3.63, 3.8) is 0 Å². The van der Waals surface area contributed by atoms with Crippen molar-refractivity contribution in [2.45, 2.75) is 26.7 Å². The van der Waals surface area contributed by atoms with Gasteiger partial charge in [0.15, 0.2) is 0 Å². The molecule has 3 rings (SSSR count). The molecule has 2 aromatic rings. The number of hydrogen-bond donors (Lipinski definition) is 1. The highest BCUT2D eigenvalue weighted by Crippen LogP contribution is 2.23. The zero-order valence-electron chi connectivity index (χ0n) is 14.2. The van der Waals surface area contributed by atoms with Gasteiger partial charge in [-0.3, -0.25) is 4.79 Å². The van der Waals surface area contributed by atoms with E-state index in [1.54, 1.807) is 13.0 Å². The molecule has 1 fully saturated rings. The number of benzene rings is 1. The molecule has 0 spiro atoms. The molecule has 1 aromatic heterocycles. The van der Waals surface area contributed by atoms with Crippen LogP contribution in [0.15, 0.2) is 24.3 Å². The maximum Gasteiger partial charge on any atom is 0.274 e. The van der Waals surface area contributed by atoms with Gasteiger partial charge in [-0.2, -0.15) is 0 Å². The smallest absolute Gasteiger partial charge is 0.274 e. The third kappa shape index (κ3) is 4.25. The average Bonchev–Trinajstić information content (AvgIpc) is 2.57. The molecule has 1 aromatic carbocycles. The van der Waals surface area contributed by atoms with Crippen LogP contribution in [0.5, 0.6) is 0 Å². The first-order chi connectivity index (χ1) is 11.9. The lowest BCUT2D eigenvalue weighted by molar-refractivity contribution is 0.102. The molecule has 1 N–H and O–H groups in total. The van der Waals surface area contributed by atoms with Crippen LogP contribution in [0.3, 0.4) is 0 Å². The molecule has 7 heteroatoms. The monoisotopic (exact) mass is 362 g/mol. The summed E-state index contributed by atoms with van der Waals surface area (Å²) in [5.74, 6) is 1.00.